The van der Waals surface area contributed by atoms with E-state index >= 15 is 0 Å². The minimum Gasteiger partial charge on any atom is -0.496 e. The summed E-state index contributed by atoms with van der Waals surface area (Å²) in [6.45, 7) is 2.69. The average molecular weight is 521 g/mol. The normalized spacial score (nSPS) is 15.3. The van der Waals surface area contributed by atoms with Gasteiger partial charge in [0.05, 0.1) is 46.0 Å². The second kappa shape index (κ2) is 11.6. The Bertz CT molecular complexity index is 1450. The van der Waals surface area contributed by atoms with E-state index in [1.165, 1.54) is 0 Å². The SMILES string of the molecule is COc1ccccc1CN(Cc1cc2cc(OC)c(OC)cc2[nH]c1=O)Cc1nnnn1C[C@H]1CCCO1. The number of pyridine rings is 1. The van der Waals surface area contributed by atoms with Crippen molar-refractivity contribution in [2.24, 2.45) is 0 Å². The average Bonchev–Trinajstić information content (AvgIpc) is 3.61. The lowest BCUT2D eigenvalue weighted by Crippen LogP contribution is -2.29. The summed E-state index contributed by atoms with van der Waals surface area (Å²) in [5.41, 5.74) is 2.11. The zero-order valence-corrected chi connectivity index (χ0v) is 21.8. The lowest BCUT2D eigenvalue weighted by atomic mass is 10.1. The highest BCUT2D eigenvalue weighted by atomic mass is 16.5. The van der Waals surface area contributed by atoms with Crippen molar-refractivity contribution in [1.29, 1.82) is 0 Å². The molecule has 1 atom stereocenters. The Morgan fingerprint density at radius 3 is 2.53 bits per heavy atom. The van der Waals surface area contributed by atoms with Gasteiger partial charge in [-0.15, -0.1) is 5.10 Å². The molecule has 0 aliphatic carbocycles. The van der Waals surface area contributed by atoms with Crippen LogP contribution in [0, 0.1) is 0 Å². The monoisotopic (exact) mass is 520 g/mol. The molecule has 2 aromatic carbocycles. The Hall–Kier alpha value is -3.96. The van der Waals surface area contributed by atoms with Gasteiger partial charge in [-0.2, -0.15) is 0 Å². The Morgan fingerprint density at radius 2 is 1.76 bits per heavy atom. The summed E-state index contributed by atoms with van der Waals surface area (Å²) < 4.78 is 24.0. The van der Waals surface area contributed by atoms with Crippen LogP contribution in [0.15, 0.2) is 47.3 Å². The molecule has 1 fully saturated rings. The van der Waals surface area contributed by atoms with Gasteiger partial charge in [0.25, 0.3) is 5.56 Å². The smallest absolute Gasteiger partial charge is 0.252 e. The highest BCUT2D eigenvalue weighted by molar-refractivity contribution is 5.83. The van der Waals surface area contributed by atoms with Crippen molar-refractivity contribution in [2.45, 2.75) is 45.1 Å². The quantitative estimate of drug-likeness (QED) is 0.319. The fourth-order valence-corrected chi connectivity index (χ4v) is 4.84. The van der Waals surface area contributed by atoms with Gasteiger partial charge in [0.1, 0.15) is 5.75 Å². The molecule has 1 saturated heterocycles. The van der Waals surface area contributed by atoms with E-state index in [0.29, 0.717) is 54.6 Å². The number of rotatable bonds is 11. The molecule has 4 aromatic rings. The molecule has 38 heavy (non-hydrogen) atoms. The van der Waals surface area contributed by atoms with E-state index in [9.17, 15) is 4.79 Å². The van der Waals surface area contributed by atoms with Crippen molar-refractivity contribution in [2.75, 3.05) is 27.9 Å². The molecular formula is C27H32N6O5. The van der Waals surface area contributed by atoms with Gasteiger partial charge < -0.3 is 23.9 Å². The molecule has 0 amide bonds. The van der Waals surface area contributed by atoms with Crippen LogP contribution in [0.5, 0.6) is 17.2 Å². The van der Waals surface area contributed by atoms with Crippen LogP contribution in [-0.4, -0.2) is 64.1 Å². The Morgan fingerprint density at radius 1 is 1.00 bits per heavy atom. The third-order valence-electron chi connectivity index (χ3n) is 6.78. The fraction of sp³-hybridized carbons (Fsp3) is 0.407. The van der Waals surface area contributed by atoms with Crippen LogP contribution in [0.3, 0.4) is 0 Å². The summed E-state index contributed by atoms with van der Waals surface area (Å²) in [5.74, 6) is 2.64. The number of aromatic amines is 1. The lowest BCUT2D eigenvalue weighted by molar-refractivity contribution is 0.0914. The summed E-state index contributed by atoms with van der Waals surface area (Å²) in [6.07, 6.45) is 2.14. The zero-order valence-electron chi connectivity index (χ0n) is 21.8. The van der Waals surface area contributed by atoms with Gasteiger partial charge in [-0.1, -0.05) is 18.2 Å². The number of nitrogens with one attached hydrogen (secondary N) is 1. The number of methoxy groups -OCH3 is 3. The maximum Gasteiger partial charge on any atom is 0.252 e. The van der Waals surface area contributed by atoms with Crippen molar-refractivity contribution >= 4 is 10.9 Å². The molecule has 0 unspecified atom stereocenters. The van der Waals surface area contributed by atoms with Gasteiger partial charge >= 0.3 is 0 Å². The first-order valence-corrected chi connectivity index (χ1v) is 12.6. The maximum atomic E-state index is 13.2. The molecule has 2 aromatic heterocycles. The summed E-state index contributed by atoms with van der Waals surface area (Å²) in [5, 5.41) is 13.3. The first-order chi connectivity index (χ1) is 18.6. The molecule has 1 aliphatic rings. The molecule has 5 rings (SSSR count). The van der Waals surface area contributed by atoms with Crippen LogP contribution >= 0.6 is 0 Å². The number of aromatic nitrogens is 5. The van der Waals surface area contributed by atoms with Gasteiger partial charge in [-0.05, 0) is 41.5 Å². The lowest BCUT2D eigenvalue weighted by Gasteiger charge is -2.23. The number of H-pyrrole nitrogens is 1. The molecule has 3 heterocycles. The number of nitrogens with zero attached hydrogens (tertiary/aromatic N) is 5. The molecule has 0 spiro atoms. The molecular weight excluding hydrogens is 488 g/mol. The maximum absolute atomic E-state index is 13.2. The van der Waals surface area contributed by atoms with E-state index in [4.69, 9.17) is 18.9 Å². The minimum absolute atomic E-state index is 0.107. The Labute approximate surface area is 220 Å². The van der Waals surface area contributed by atoms with E-state index in [1.54, 1.807) is 32.1 Å². The standard InChI is InChI=1S/C27H32N6O5/c1-35-23-9-5-4-7-18(23)14-32(17-26-29-30-31-33(26)16-21-8-6-10-38-21)15-20-11-19-12-24(36-2)25(37-3)13-22(19)28-27(20)34/h4-5,7,9,11-13,21H,6,8,10,14-17H2,1-3H3,(H,28,34)/t21-/m1/s1. The highest BCUT2D eigenvalue weighted by Crippen LogP contribution is 2.31. The second-order valence-corrected chi connectivity index (χ2v) is 9.29. The molecule has 1 N–H and O–H groups in total. The van der Waals surface area contributed by atoms with E-state index in [1.807, 2.05) is 36.4 Å². The second-order valence-electron chi connectivity index (χ2n) is 9.29. The molecule has 0 bridgehead atoms. The van der Waals surface area contributed by atoms with E-state index < -0.39 is 0 Å². The topological polar surface area (TPSA) is 117 Å². The van der Waals surface area contributed by atoms with Crippen LogP contribution in [0.1, 0.15) is 29.8 Å². The number of hydrogen-bond donors (Lipinski definition) is 1. The van der Waals surface area contributed by atoms with E-state index in [-0.39, 0.29) is 11.7 Å². The molecule has 11 nitrogen and oxygen atoms in total. The van der Waals surface area contributed by atoms with Crippen LogP contribution in [0.2, 0.25) is 0 Å². The van der Waals surface area contributed by atoms with Gasteiger partial charge in [0.15, 0.2) is 17.3 Å². The summed E-state index contributed by atoms with van der Waals surface area (Å²) in [4.78, 5) is 18.3. The number of ether oxygens (including phenoxy) is 4. The van der Waals surface area contributed by atoms with Crippen molar-refractivity contribution in [3.63, 3.8) is 0 Å². The number of hydrogen-bond acceptors (Lipinski definition) is 9. The number of fused-ring (bicyclic) bond motifs is 1. The van der Waals surface area contributed by atoms with E-state index in [2.05, 4.69) is 25.4 Å². The first-order valence-electron chi connectivity index (χ1n) is 12.6. The minimum atomic E-state index is -0.173. The van der Waals surface area contributed by atoms with Crippen molar-refractivity contribution in [3.05, 3.63) is 69.8 Å². The van der Waals surface area contributed by atoms with Crippen LogP contribution in [0.25, 0.3) is 10.9 Å². The van der Waals surface area contributed by atoms with E-state index in [0.717, 1.165) is 36.1 Å². The summed E-state index contributed by atoms with van der Waals surface area (Å²) >= 11 is 0. The van der Waals surface area contributed by atoms with Gasteiger partial charge in [-0.3, -0.25) is 9.69 Å². The number of benzene rings is 2. The molecule has 1 aliphatic heterocycles. The predicted octanol–water partition coefficient (Wildman–Crippen LogP) is 2.92. The van der Waals surface area contributed by atoms with Crippen molar-refractivity contribution in [1.82, 2.24) is 30.1 Å². The zero-order chi connectivity index (χ0) is 26.5. The van der Waals surface area contributed by atoms with Crippen LogP contribution in [-0.2, 0) is 30.9 Å². The summed E-state index contributed by atoms with van der Waals surface area (Å²) in [7, 11) is 4.81. The number of para-hydroxylation sites is 1. The van der Waals surface area contributed by atoms with Gasteiger partial charge in [0.2, 0.25) is 0 Å². The van der Waals surface area contributed by atoms with Gasteiger partial charge in [-0.25, -0.2) is 4.68 Å². The first kappa shape index (κ1) is 25.7. The third kappa shape index (κ3) is 5.63. The Kier molecular flexibility index (Phi) is 7.85. The highest BCUT2D eigenvalue weighted by Gasteiger charge is 2.21. The fourth-order valence-electron chi connectivity index (χ4n) is 4.84. The molecule has 0 saturated carbocycles. The van der Waals surface area contributed by atoms with Gasteiger partial charge in [0, 0.05) is 42.3 Å². The number of tetrazole rings is 1. The third-order valence-corrected chi connectivity index (χ3v) is 6.78. The van der Waals surface area contributed by atoms with Crippen LogP contribution < -0.4 is 19.8 Å². The van der Waals surface area contributed by atoms with Crippen LogP contribution in [0.4, 0.5) is 0 Å². The Balaban J connectivity index is 1.47. The molecule has 0 radical (unpaired) electrons. The van der Waals surface area contributed by atoms with Crippen molar-refractivity contribution < 1.29 is 18.9 Å². The predicted molar refractivity (Wildman–Crippen MR) is 140 cm³/mol. The molecule has 200 valence electrons. The molecule has 11 heteroatoms. The summed E-state index contributed by atoms with van der Waals surface area (Å²) in [6, 6.07) is 13.4. The van der Waals surface area contributed by atoms with Crippen molar-refractivity contribution in [3.8, 4) is 17.2 Å². The largest absolute Gasteiger partial charge is 0.496 e.